The summed E-state index contributed by atoms with van der Waals surface area (Å²) < 4.78 is 99.1. The Kier molecular flexibility index (Phi) is 1.76. The first-order chi connectivity index (χ1) is 15.8. The average Bonchev–Trinajstić information content (AvgIpc) is 3.13. The Hall–Kier alpha value is -2.62. The first-order valence-corrected chi connectivity index (χ1v) is 6.55. The molecule has 3 heterocycles. The molecule has 0 spiro atoms. The summed E-state index contributed by atoms with van der Waals surface area (Å²) in [5, 5.41) is 0.0388. The van der Waals surface area contributed by atoms with Gasteiger partial charge in [-0.2, -0.15) is 0 Å². The lowest BCUT2D eigenvalue weighted by atomic mass is 9.92. The topological polar surface area (TPSA) is 69.5 Å². The van der Waals surface area contributed by atoms with E-state index in [-0.39, 0.29) is 20.8 Å². The molecular formula is C16H20N6O. The van der Waals surface area contributed by atoms with Crippen molar-refractivity contribution in [3.05, 3.63) is 30.0 Å². The van der Waals surface area contributed by atoms with Gasteiger partial charge in [0.15, 0.2) is 0 Å². The van der Waals surface area contributed by atoms with Gasteiger partial charge in [0.25, 0.3) is 6.54 Å². The zero-order chi connectivity index (χ0) is 26.8. The molecule has 1 amide bonds. The summed E-state index contributed by atoms with van der Waals surface area (Å²) in [7, 11) is 0. The Morgan fingerprint density at radius 3 is 3.39 bits per heavy atom. The second-order valence-electron chi connectivity index (χ2n) is 4.66. The van der Waals surface area contributed by atoms with E-state index in [2.05, 4.69) is 19.8 Å². The van der Waals surface area contributed by atoms with Gasteiger partial charge in [0.1, 0.15) is 17.8 Å². The van der Waals surface area contributed by atoms with Gasteiger partial charge in [-0.05, 0) is 18.4 Å². The standard InChI is InChI=1S/C16H20N6O/c1-11-5-7-22(14(23)8-17-2)9-13(11)21(3)16-12-4-6-18-15(12)19-10-20-16/h4,6,10-11,13H,5,7-9H2,1,3H3,(H,18,19,20)/t11-,13+/m1/s1/i1D3,3D3,5D2,7D2,9D2. The number of rotatable bonds is 3. The minimum absolute atomic E-state index is 0.0388. The highest BCUT2D eigenvalue weighted by Gasteiger charge is 2.33. The minimum Gasteiger partial charge on any atom is -0.354 e. The van der Waals surface area contributed by atoms with Crippen molar-refractivity contribution in [2.24, 2.45) is 5.92 Å². The van der Waals surface area contributed by atoms with E-state index in [0.717, 1.165) is 6.33 Å². The molecule has 3 rings (SSSR count). The van der Waals surface area contributed by atoms with Gasteiger partial charge in [-0.25, -0.2) is 16.5 Å². The molecule has 23 heavy (non-hydrogen) atoms. The molecule has 0 saturated carbocycles. The maximum absolute atomic E-state index is 12.7. The van der Waals surface area contributed by atoms with Gasteiger partial charge in [-0.1, -0.05) is 6.85 Å². The second kappa shape index (κ2) is 6.24. The van der Waals surface area contributed by atoms with Crippen molar-refractivity contribution >= 4 is 22.8 Å². The molecule has 1 saturated heterocycles. The largest absolute Gasteiger partial charge is 0.354 e. The molecule has 7 heteroatoms. The fraction of sp³-hybridized carbons (Fsp3) is 0.500. The number of aromatic amines is 1. The van der Waals surface area contributed by atoms with Crippen LogP contribution in [0.15, 0.2) is 18.6 Å². The van der Waals surface area contributed by atoms with Crippen molar-refractivity contribution < 1.29 is 21.2 Å². The smallest absolute Gasteiger partial charge is 0.302 e. The first-order valence-electron chi connectivity index (χ1n) is 12.5. The summed E-state index contributed by atoms with van der Waals surface area (Å²) in [5.41, 5.74) is 0.116. The molecule has 0 radical (unpaired) electrons. The molecule has 1 fully saturated rings. The number of likely N-dealkylation sites (tertiary alicyclic amines) is 1. The van der Waals surface area contributed by atoms with E-state index in [9.17, 15) is 4.79 Å². The summed E-state index contributed by atoms with van der Waals surface area (Å²) in [6.45, 7) is -7.93. The number of anilines is 1. The highest BCUT2D eigenvalue weighted by atomic mass is 16.2. The van der Waals surface area contributed by atoms with Crippen LogP contribution in [-0.4, -0.2) is 58.3 Å². The van der Waals surface area contributed by atoms with Gasteiger partial charge in [0.05, 0.1) is 14.2 Å². The van der Waals surface area contributed by atoms with E-state index in [1.165, 1.54) is 12.3 Å². The summed E-state index contributed by atoms with van der Waals surface area (Å²) in [5.74, 6) is -4.55. The summed E-state index contributed by atoms with van der Waals surface area (Å²) >= 11 is 0. The van der Waals surface area contributed by atoms with Crippen molar-refractivity contribution in [2.75, 3.05) is 31.4 Å². The number of nitrogens with zero attached hydrogens (tertiary/aromatic N) is 5. The minimum atomic E-state index is -3.57. The lowest BCUT2D eigenvalue weighted by molar-refractivity contribution is -0.130. The van der Waals surface area contributed by atoms with Crippen LogP contribution >= 0.6 is 0 Å². The lowest BCUT2D eigenvalue weighted by Crippen LogP contribution is -2.53. The first kappa shape index (κ1) is 6.48. The maximum Gasteiger partial charge on any atom is 0.302 e. The molecule has 0 bridgehead atoms. The van der Waals surface area contributed by atoms with E-state index in [0.29, 0.717) is 0 Å². The normalized spacial score (nSPS) is 36.6. The Bertz CT molecular complexity index is 1170. The SMILES string of the molecule is [2H]C([2H])([2H])[C@H]1[C@@H](N(c2ncnc3[nH]ccc23)C([2H])([2H])[2H])C([2H])([2H])N(C(=O)C[N+]#[C-])C([2H])([2H])C1([2H])[2H]. The number of hydrogen-bond donors (Lipinski definition) is 1. The fourth-order valence-corrected chi connectivity index (χ4v) is 2.11. The maximum atomic E-state index is 12.7. The monoisotopic (exact) mass is 324 g/mol. The van der Waals surface area contributed by atoms with E-state index in [1.54, 1.807) is 0 Å². The van der Waals surface area contributed by atoms with Crippen LogP contribution in [0.2, 0.25) is 0 Å². The third-order valence-electron chi connectivity index (χ3n) is 3.21. The molecule has 0 aliphatic carbocycles. The van der Waals surface area contributed by atoms with Crippen molar-refractivity contribution in [3.8, 4) is 0 Å². The third kappa shape index (κ3) is 2.84. The van der Waals surface area contributed by atoms with E-state index in [4.69, 9.17) is 23.0 Å². The van der Waals surface area contributed by atoms with Crippen LogP contribution < -0.4 is 4.90 Å². The number of H-pyrrole nitrogens is 1. The molecule has 2 aromatic heterocycles. The van der Waals surface area contributed by atoms with Gasteiger partial charge in [0.2, 0.25) is 0 Å². The summed E-state index contributed by atoms with van der Waals surface area (Å²) in [6, 6.07) is -1.15. The third-order valence-corrected chi connectivity index (χ3v) is 3.21. The van der Waals surface area contributed by atoms with Gasteiger partial charge < -0.3 is 19.6 Å². The highest BCUT2D eigenvalue weighted by Crippen LogP contribution is 2.28. The number of likely N-dealkylation sites (N-methyl/N-ethyl adjacent to an activating group) is 1. The van der Waals surface area contributed by atoms with Crippen LogP contribution in [0.5, 0.6) is 0 Å². The molecule has 2 aromatic rings. The Morgan fingerprint density at radius 2 is 2.61 bits per heavy atom. The van der Waals surface area contributed by atoms with E-state index >= 15 is 0 Å². The zero-order valence-corrected chi connectivity index (χ0v) is 11.7. The molecule has 0 unspecified atom stereocenters. The van der Waals surface area contributed by atoms with Gasteiger partial charge >= 0.3 is 5.91 Å². The number of hydrogen-bond acceptors (Lipinski definition) is 4. The number of carbonyl (C=O) groups is 1. The van der Waals surface area contributed by atoms with Crippen molar-refractivity contribution in [1.29, 1.82) is 0 Å². The number of nitrogens with one attached hydrogen (secondary N) is 1. The molecule has 1 aliphatic heterocycles. The molecular weight excluding hydrogens is 292 g/mol. The summed E-state index contributed by atoms with van der Waals surface area (Å²) in [6.07, 6.45) is -1.19. The number of fused-ring (bicyclic) bond motifs is 1. The molecule has 1 aliphatic rings. The van der Waals surface area contributed by atoms with Crippen LogP contribution in [0.4, 0.5) is 5.82 Å². The Morgan fingerprint density at radius 1 is 1.70 bits per heavy atom. The van der Waals surface area contributed by atoms with Crippen molar-refractivity contribution in [3.63, 3.8) is 0 Å². The predicted octanol–water partition coefficient (Wildman–Crippen LogP) is 1.55. The van der Waals surface area contributed by atoms with Gasteiger partial charge in [-0.15, -0.1) is 0 Å². The Balaban J connectivity index is 2.44. The van der Waals surface area contributed by atoms with E-state index in [1.807, 2.05) is 0 Å². The van der Waals surface area contributed by atoms with Crippen LogP contribution in [0, 0.1) is 12.5 Å². The molecule has 0 aromatic carbocycles. The van der Waals surface area contributed by atoms with E-state index < -0.39 is 63.4 Å². The van der Waals surface area contributed by atoms with Crippen LogP contribution in [0.3, 0.4) is 0 Å². The highest BCUT2D eigenvalue weighted by molar-refractivity contribution is 5.87. The van der Waals surface area contributed by atoms with Crippen LogP contribution in [-0.2, 0) is 4.79 Å². The fourth-order valence-electron chi connectivity index (χ4n) is 2.11. The number of piperidine rings is 1. The number of carbonyl (C=O) groups excluding carboxylic acids is 1. The lowest BCUT2D eigenvalue weighted by Gasteiger charge is -2.41. The molecule has 2 atom stereocenters. The summed E-state index contributed by atoms with van der Waals surface area (Å²) in [4.78, 5) is 26.2. The zero-order valence-electron chi connectivity index (χ0n) is 23.7. The number of amides is 1. The van der Waals surface area contributed by atoms with Crippen LogP contribution in [0.1, 0.15) is 29.7 Å². The van der Waals surface area contributed by atoms with Crippen molar-refractivity contribution in [2.45, 2.75) is 19.3 Å². The number of aromatic nitrogens is 3. The molecule has 1 N–H and O–H groups in total. The molecule has 7 nitrogen and oxygen atoms in total. The second-order valence-corrected chi connectivity index (χ2v) is 4.66. The van der Waals surface area contributed by atoms with Gasteiger partial charge in [0, 0.05) is 39.9 Å². The van der Waals surface area contributed by atoms with Gasteiger partial charge in [-0.3, -0.25) is 4.79 Å². The quantitative estimate of drug-likeness (QED) is 0.870. The van der Waals surface area contributed by atoms with Crippen molar-refractivity contribution in [1.82, 2.24) is 19.9 Å². The molecule has 120 valence electrons. The average molecular weight is 324 g/mol. The predicted molar refractivity (Wildman–Crippen MR) is 87.9 cm³/mol. The van der Waals surface area contributed by atoms with Crippen LogP contribution in [0.25, 0.3) is 15.9 Å². The Labute approximate surface area is 152 Å².